The topological polar surface area (TPSA) is 193 Å². The summed E-state index contributed by atoms with van der Waals surface area (Å²) in [4.78, 5) is 68.0. The number of nitrogens with one attached hydrogen (secondary N) is 1. The predicted octanol–water partition coefficient (Wildman–Crippen LogP) is 2.03. The van der Waals surface area contributed by atoms with E-state index in [0.29, 0.717) is 31.9 Å². The van der Waals surface area contributed by atoms with Crippen molar-refractivity contribution in [3.63, 3.8) is 0 Å². The molecule has 0 saturated carbocycles. The van der Waals surface area contributed by atoms with Crippen molar-refractivity contribution in [2.75, 3.05) is 26.2 Å². The van der Waals surface area contributed by atoms with Crippen LogP contribution < -0.4 is 10.1 Å². The van der Waals surface area contributed by atoms with Gasteiger partial charge in [0.15, 0.2) is 17.3 Å². The van der Waals surface area contributed by atoms with E-state index < -0.39 is 46.0 Å². The van der Waals surface area contributed by atoms with Gasteiger partial charge in [-0.2, -0.15) is 0 Å². The van der Waals surface area contributed by atoms with Gasteiger partial charge in [0.1, 0.15) is 51.8 Å². The summed E-state index contributed by atoms with van der Waals surface area (Å²) in [6.07, 6.45) is 2.30. The van der Waals surface area contributed by atoms with Crippen molar-refractivity contribution in [2.24, 2.45) is 0 Å². The van der Waals surface area contributed by atoms with E-state index in [9.17, 15) is 34.2 Å². The van der Waals surface area contributed by atoms with Crippen molar-refractivity contribution < 1.29 is 43.7 Å². The van der Waals surface area contributed by atoms with Crippen molar-refractivity contribution in [3.8, 4) is 17.2 Å². The third-order valence-electron chi connectivity index (χ3n) is 8.46. The number of piperazine rings is 1. The average Bonchev–Trinajstić information content (AvgIpc) is 3.55. The first-order valence-corrected chi connectivity index (χ1v) is 15.1. The number of carbonyl (C=O) groups excluding carboxylic acids is 5. The maximum atomic E-state index is 14.0. The van der Waals surface area contributed by atoms with Gasteiger partial charge in [0.2, 0.25) is 5.91 Å². The lowest BCUT2D eigenvalue weighted by Crippen LogP contribution is -2.52. The smallest absolute Gasteiger partial charge is 0.410 e. The van der Waals surface area contributed by atoms with Crippen molar-refractivity contribution in [2.45, 2.75) is 72.6 Å². The molecule has 1 saturated heterocycles. The average molecular weight is 651 g/mol. The molecule has 0 radical (unpaired) electrons. The molecule has 1 aromatic heterocycles. The summed E-state index contributed by atoms with van der Waals surface area (Å²) in [7, 11) is 0. The number of fused-ring (bicyclic) bond motifs is 3. The fraction of sp³-hybridized carbons (Fsp3) is 0.469. The largest absolute Gasteiger partial charge is 0.507 e. The molecular formula is C32H38N6O9. The molecular weight excluding hydrogens is 612 g/mol. The first-order valence-electron chi connectivity index (χ1n) is 15.1. The highest BCUT2D eigenvalue weighted by Gasteiger charge is 2.56. The predicted molar refractivity (Wildman–Crippen MR) is 165 cm³/mol. The normalized spacial score (nSPS) is 20.3. The molecule has 5 rings (SSSR count). The van der Waals surface area contributed by atoms with Gasteiger partial charge in [-0.1, -0.05) is 5.21 Å². The molecule has 250 valence electrons. The Bertz CT molecular complexity index is 1780. The summed E-state index contributed by atoms with van der Waals surface area (Å²) in [6.45, 7) is 12.5. The van der Waals surface area contributed by atoms with E-state index in [-0.39, 0.29) is 58.5 Å². The zero-order valence-corrected chi connectivity index (χ0v) is 27.4. The fourth-order valence-electron chi connectivity index (χ4n) is 5.87. The molecule has 47 heavy (non-hydrogen) atoms. The van der Waals surface area contributed by atoms with Crippen LogP contribution in [0.4, 0.5) is 4.79 Å². The number of hydrogen-bond acceptors (Lipinski definition) is 12. The molecule has 1 aromatic carbocycles. The molecule has 2 amide bonds. The van der Waals surface area contributed by atoms with Crippen molar-refractivity contribution in [1.82, 2.24) is 30.1 Å². The van der Waals surface area contributed by atoms with E-state index in [0.717, 1.165) is 6.08 Å². The van der Waals surface area contributed by atoms with Gasteiger partial charge in [0, 0.05) is 43.5 Å². The zero-order chi connectivity index (χ0) is 34.6. The van der Waals surface area contributed by atoms with Gasteiger partial charge in [-0.15, -0.1) is 5.10 Å². The van der Waals surface area contributed by atoms with Gasteiger partial charge in [0.25, 0.3) is 0 Å². The molecule has 2 aromatic rings. The van der Waals surface area contributed by atoms with Crippen molar-refractivity contribution >= 4 is 29.4 Å². The molecule has 3 N–H and O–H groups in total. The minimum Gasteiger partial charge on any atom is -0.507 e. The minimum atomic E-state index is -1.63. The van der Waals surface area contributed by atoms with Crippen LogP contribution in [-0.2, 0) is 37.6 Å². The van der Waals surface area contributed by atoms with E-state index in [1.165, 1.54) is 25.5 Å². The summed E-state index contributed by atoms with van der Waals surface area (Å²) < 4.78 is 12.6. The van der Waals surface area contributed by atoms with Gasteiger partial charge in [-0.3, -0.25) is 19.2 Å². The van der Waals surface area contributed by atoms with Gasteiger partial charge in [0.05, 0.1) is 23.9 Å². The van der Waals surface area contributed by atoms with Crippen LogP contribution in [0.1, 0.15) is 68.7 Å². The minimum absolute atomic E-state index is 0.00548. The number of ketones is 3. The second-order valence-corrected chi connectivity index (χ2v) is 13.0. The Morgan fingerprint density at radius 3 is 2.32 bits per heavy atom. The van der Waals surface area contributed by atoms with Crippen LogP contribution >= 0.6 is 0 Å². The van der Waals surface area contributed by atoms with Crippen molar-refractivity contribution in [3.05, 3.63) is 51.7 Å². The maximum absolute atomic E-state index is 14.0. The summed E-state index contributed by atoms with van der Waals surface area (Å²) in [5.41, 5.74) is -1.90. The Morgan fingerprint density at radius 2 is 1.70 bits per heavy atom. The highest BCUT2D eigenvalue weighted by molar-refractivity contribution is 6.31. The van der Waals surface area contributed by atoms with Crippen LogP contribution in [0, 0.1) is 6.92 Å². The number of aromatic nitrogens is 3. The Hall–Kier alpha value is -5.21. The molecule has 15 nitrogen and oxygen atoms in total. The lowest BCUT2D eigenvalue weighted by atomic mass is 9.70. The van der Waals surface area contributed by atoms with Crippen LogP contribution in [0.25, 0.3) is 0 Å². The molecule has 1 atom stereocenters. The Labute approximate surface area is 270 Å². The Balaban J connectivity index is 1.26. The number of aromatic hydroxyl groups is 2. The number of phenolic OH excluding ortho intramolecular Hbond substituents is 2. The third kappa shape index (κ3) is 5.92. The molecule has 2 aliphatic heterocycles. The van der Waals surface area contributed by atoms with E-state index in [1.807, 2.05) is 0 Å². The number of amides is 2. The molecule has 0 spiro atoms. The van der Waals surface area contributed by atoms with Crippen LogP contribution in [0.2, 0.25) is 0 Å². The number of phenols is 2. The zero-order valence-electron chi connectivity index (χ0n) is 27.4. The van der Waals surface area contributed by atoms with Crippen LogP contribution in [0.15, 0.2) is 29.3 Å². The van der Waals surface area contributed by atoms with E-state index in [1.54, 1.807) is 43.7 Å². The third-order valence-corrected chi connectivity index (χ3v) is 8.46. The molecule has 3 aliphatic rings. The summed E-state index contributed by atoms with van der Waals surface area (Å²) in [6, 6.07) is 0. The molecule has 1 unspecified atom stereocenters. The van der Waals surface area contributed by atoms with E-state index in [4.69, 9.17) is 9.47 Å². The molecule has 1 aliphatic carbocycles. The second kappa shape index (κ2) is 11.9. The number of allylic oxidation sites excluding steroid dienone is 4. The SMILES string of the molecule is CC(=O)c1c(O)c(C)c(O)c2c1OC1=CC(=O)/C(=C(/C)NCc3cn(CC(=O)N4CCN(C(=O)OC(C)(C)C)CC4)nn3)C(=O)C12C. The quantitative estimate of drug-likeness (QED) is 0.234. The summed E-state index contributed by atoms with van der Waals surface area (Å²) in [5, 5.41) is 32.7. The number of Topliss-reactive ketones (excluding diaryl/α,β-unsaturated/α-hetero) is 2. The monoisotopic (exact) mass is 650 g/mol. The highest BCUT2D eigenvalue weighted by Crippen LogP contribution is 2.57. The first-order chi connectivity index (χ1) is 21.9. The van der Waals surface area contributed by atoms with Crippen LogP contribution in [0.3, 0.4) is 0 Å². The maximum Gasteiger partial charge on any atom is 0.410 e. The van der Waals surface area contributed by atoms with Gasteiger partial charge in [-0.25, -0.2) is 9.48 Å². The lowest BCUT2D eigenvalue weighted by Gasteiger charge is -2.35. The number of carbonyl (C=O) groups is 5. The molecule has 0 bridgehead atoms. The van der Waals surface area contributed by atoms with Crippen LogP contribution in [0.5, 0.6) is 17.2 Å². The Kier molecular flexibility index (Phi) is 8.37. The van der Waals surface area contributed by atoms with Gasteiger partial charge in [-0.05, 0) is 48.5 Å². The molecule has 3 heterocycles. The van der Waals surface area contributed by atoms with Crippen molar-refractivity contribution in [1.29, 1.82) is 0 Å². The number of ether oxygens (including phenoxy) is 2. The standard InChI is InChI=1S/C32H38N6O9/c1-16-26(42)24(18(3)39)28-25(27(16)43)32(7)21(46-28)12-20(40)23(29(32)44)17(2)33-13-19-14-38(35-34-19)15-22(41)36-8-10-37(11-9-36)30(45)47-31(4,5)6/h12,14,33,42-43H,8-11,13,15H2,1-7H3/b23-17+. The summed E-state index contributed by atoms with van der Waals surface area (Å²) in [5.74, 6) is -3.09. The number of hydrogen-bond donors (Lipinski definition) is 3. The Morgan fingerprint density at radius 1 is 1.06 bits per heavy atom. The van der Waals surface area contributed by atoms with E-state index >= 15 is 0 Å². The molecule has 1 fully saturated rings. The van der Waals surface area contributed by atoms with Gasteiger partial charge >= 0.3 is 6.09 Å². The number of benzene rings is 1. The second-order valence-electron chi connectivity index (χ2n) is 13.0. The van der Waals surface area contributed by atoms with E-state index in [2.05, 4.69) is 15.6 Å². The summed E-state index contributed by atoms with van der Waals surface area (Å²) >= 11 is 0. The molecule has 15 heteroatoms. The van der Waals surface area contributed by atoms with Gasteiger partial charge < -0.3 is 34.8 Å². The fourth-order valence-corrected chi connectivity index (χ4v) is 5.87. The van der Waals surface area contributed by atoms with Crippen LogP contribution in [-0.4, -0.2) is 96.1 Å². The lowest BCUT2D eigenvalue weighted by molar-refractivity contribution is -0.133. The number of nitrogens with zero attached hydrogens (tertiary/aromatic N) is 5. The number of rotatable bonds is 6. The first kappa shape index (κ1) is 33.2. The highest BCUT2D eigenvalue weighted by atomic mass is 16.6.